The highest BCUT2D eigenvalue weighted by Gasteiger charge is 2.25. The normalized spacial score (nSPS) is 13.9. The molecule has 0 saturated carbocycles. The van der Waals surface area contributed by atoms with E-state index in [1.165, 1.54) is 16.7 Å². The van der Waals surface area contributed by atoms with Crippen molar-refractivity contribution < 1.29 is 4.79 Å². The molecule has 0 atom stereocenters. The third-order valence-electron chi connectivity index (χ3n) is 6.21. The highest BCUT2D eigenvalue weighted by Crippen LogP contribution is 2.26. The molecule has 33 heavy (non-hydrogen) atoms. The van der Waals surface area contributed by atoms with Gasteiger partial charge in [0, 0.05) is 55.3 Å². The van der Waals surface area contributed by atoms with Crippen LogP contribution in [0.4, 0.5) is 5.82 Å². The van der Waals surface area contributed by atoms with Gasteiger partial charge in [-0.05, 0) is 43.0 Å². The van der Waals surface area contributed by atoms with E-state index < -0.39 is 0 Å². The van der Waals surface area contributed by atoms with Gasteiger partial charge in [-0.25, -0.2) is 9.97 Å². The Morgan fingerprint density at radius 2 is 1.64 bits per heavy atom. The number of hydrogen-bond donors (Lipinski definition) is 0. The van der Waals surface area contributed by atoms with E-state index in [1.54, 1.807) is 0 Å². The molecule has 1 aromatic heterocycles. The van der Waals surface area contributed by atoms with Crippen LogP contribution in [0, 0.1) is 6.92 Å². The third kappa shape index (κ3) is 5.91. The van der Waals surface area contributed by atoms with E-state index in [2.05, 4.69) is 36.1 Å². The van der Waals surface area contributed by atoms with Crippen LogP contribution in [-0.2, 0) is 24.1 Å². The minimum atomic E-state index is 0.230. The zero-order valence-corrected chi connectivity index (χ0v) is 20.2. The number of rotatable bonds is 7. The lowest BCUT2D eigenvalue weighted by molar-refractivity contribution is -0.131. The molecule has 0 aliphatic carbocycles. The molecule has 6 heteroatoms. The molecule has 1 fully saturated rings. The predicted molar refractivity (Wildman–Crippen MR) is 134 cm³/mol. The van der Waals surface area contributed by atoms with Crippen molar-refractivity contribution in [2.45, 2.75) is 39.5 Å². The molecule has 0 spiro atoms. The zero-order chi connectivity index (χ0) is 23.2. The Labute approximate surface area is 201 Å². The van der Waals surface area contributed by atoms with Crippen molar-refractivity contribution in [3.05, 3.63) is 87.8 Å². The molecule has 1 amide bonds. The van der Waals surface area contributed by atoms with Crippen LogP contribution in [0.1, 0.15) is 41.6 Å². The average Bonchev–Trinajstić information content (AvgIpc) is 2.85. The summed E-state index contributed by atoms with van der Waals surface area (Å²) in [6, 6.07) is 18.2. The van der Waals surface area contributed by atoms with Crippen LogP contribution in [0.15, 0.2) is 54.6 Å². The van der Waals surface area contributed by atoms with Crippen molar-refractivity contribution in [1.82, 2.24) is 14.9 Å². The quantitative estimate of drug-likeness (QED) is 0.502. The zero-order valence-electron chi connectivity index (χ0n) is 19.4. The van der Waals surface area contributed by atoms with Gasteiger partial charge in [0.1, 0.15) is 11.6 Å². The Balaban J connectivity index is 1.45. The third-order valence-corrected chi connectivity index (χ3v) is 6.47. The molecule has 0 unspecified atom stereocenters. The topological polar surface area (TPSA) is 49.3 Å². The van der Waals surface area contributed by atoms with Gasteiger partial charge in [-0.1, -0.05) is 61.0 Å². The first-order valence-electron chi connectivity index (χ1n) is 11.7. The lowest BCUT2D eigenvalue weighted by Gasteiger charge is -2.36. The Bertz CT molecular complexity index is 1080. The van der Waals surface area contributed by atoms with Gasteiger partial charge in [-0.15, -0.1) is 0 Å². The molecule has 5 nitrogen and oxygen atoms in total. The summed E-state index contributed by atoms with van der Waals surface area (Å²) >= 11 is 6.08. The molecular weight excluding hydrogens is 432 g/mol. The van der Waals surface area contributed by atoms with Gasteiger partial charge in [-0.2, -0.15) is 0 Å². The highest BCUT2D eigenvalue weighted by molar-refractivity contribution is 6.30. The number of aromatic nitrogens is 2. The number of nitrogens with zero attached hydrogens (tertiary/aromatic N) is 4. The van der Waals surface area contributed by atoms with Gasteiger partial charge < -0.3 is 9.80 Å². The van der Waals surface area contributed by atoms with Crippen LogP contribution in [0.3, 0.4) is 0 Å². The van der Waals surface area contributed by atoms with Crippen molar-refractivity contribution in [3.8, 4) is 0 Å². The van der Waals surface area contributed by atoms with E-state index in [0.29, 0.717) is 6.42 Å². The van der Waals surface area contributed by atoms with Gasteiger partial charge >= 0.3 is 0 Å². The smallest absolute Gasteiger partial charge is 0.223 e. The van der Waals surface area contributed by atoms with Crippen molar-refractivity contribution in [3.63, 3.8) is 0 Å². The van der Waals surface area contributed by atoms with Crippen molar-refractivity contribution in [2.75, 3.05) is 31.1 Å². The van der Waals surface area contributed by atoms with Crippen LogP contribution in [0.5, 0.6) is 0 Å². The Morgan fingerprint density at radius 3 is 2.30 bits per heavy atom. The van der Waals surface area contributed by atoms with Crippen molar-refractivity contribution in [2.24, 2.45) is 0 Å². The Morgan fingerprint density at radius 1 is 0.939 bits per heavy atom. The number of piperazine rings is 1. The minimum absolute atomic E-state index is 0.230. The number of carbonyl (C=O) groups excluding carboxylic acids is 1. The summed E-state index contributed by atoms with van der Waals surface area (Å²) in [7, 11) is 0. The van der Waals surface area contributed by atoms with Gasteiger partial charge in [-0.3, -0.25) is 4.79 Å². The number of aryl methyl sites for hydroxylation is 3. The summed E-state index contributed by atoms with van der Waals surface area (Å²) in [4.78, 5) is 26.7. The maximum absolute atomic E-state index is 12.8. The van der Waals surface area contributed by atoms with E-state index in [0.717, 1.165) is 67.8 Å². The van der Waals surface area contributed by atoms with E-state index in [4.69, 9.17) is 21.6 Å². The monoisotopic (exact) mass is 462 g/mol. The molecular formula is C27H31ClN4O. The second-order valence-corrected chi connectivity index (χ2v) is 8.97. The maximum Gasteiger partial charge on any atom is 0.223 e. The molecule has 0 bridgehead atoms. The first-order valence-corrected chi connectivity index (χ1v) is 12.1. The molecule has 1 aliphatic heterocycles. The number of amides is 1. The molecule has 1 saturated heterocycles. The van der Waals surface area contributed by atoms with Crippen LogP contribution in [-0.4, -0.2) is 47.0 Å². The number of halogens is 1. The van der Waals surface area contributed by atoms with Crippen LogP contribution < -0.4 is 4.90 Å². The summed E-state index contributed by atoms with van der Waals surface area (Å²) in [6.07, 6.45) is 2.97. The van der Waals surface area contributed by atoms with Gasteiger partial charge in [0.2, 0.25) is 5.91 Å². The van der Waals surface area contributed by atoms with Gasteiger partial charge in [0.05, 0.1) is 0 Å². The first kappa shape index (κ1) is 23.2. The molecule has 2 aromatic carbocycles. The Hall–Kier alpha value is -2.92. The molecule has 0 radical (unpaired) electrons. The van der Waals surface area contributed by atoms with Crippen molar-refractivity contribution in [1.29, 1.82) is 0 Å². The summed E-state index contributed by atoms with van der Waals surface area (Å²) in [5, 5.41) is 0.739. The first-order chi connectivity index (χ1) is 16.0. The SMILES string of the molecule is CCc1nc(C)nc(N2CCN(C(=O)CCc3ccccc3)CC2)c1Cc1ccc(Cl)cc1. The highest BCUT2D eigenvalue weighted by atomic mass is 35.5. The van der Waals surface area contributed by atoms with Crippen LogP contribution in [0.25, 0.3) is 0 Å². The molecule has 3 aromatic rings. The number of benzene rings is 2. The predicted octanol–water partition coefficient (Wildman–Crippen LogP) is 4.87. The van der Waals surface area contributed by atoms with Gasteiger partial charge in [0.15, 0.2) is 0 Å². The fraction of sp³-hybridized carbons (Fsp3) is 0.370. The number of hydrogen-bond acceptors (Lipinski definition) is 4. The van der Waals surface area contributed by atoms with E-state index in [9.17, 15) is 4.79 Å². The van der Waals surface area contributed by atoms with Crippen LogP contribution >= 0.6 is 11.6 Å². The maximum atomic E-state index is 12.8. The summed E-state index contributed by atoms with van der Waals surface area (Å²) in [5.41, 5.74) is 4.67. The second-order valence-electron chi connectivity index (χ2n) is 8.53. The molecule has 0 N–H and O–H groups in total. The molecule has 172 valence electrons. The molecule has 2 heterocycles. The molecule has 4 rings (SSSR count). The number of carbonyl (C=O) groups is 1. The lowest BCUT2D eigenvalue weighted by Crippen LogP contribution is -2.49. The van der Waals surface area contributed by atoms with E-state index in [1.807, 2.05) is 42.2 Å². The van der Waals surface area contributed by atoms with Crippen molar-refractivity contribution >= 4 is 23.3 Å². The van der Waals surface area contributed by atoms with Gasteiger partial charge in [0.25, 0.3) is 0 Å². The lowest BCUT2D eigenvalue weighted by atomic mass is 10.0. The Kier molecular flexibility index (Phi) is 7.61. The minimum Gasteiger partial charge on any atom is -0.353 e. The summed E-state index contributed by atoms with van der Waals surface area (Å²) < 4.78 is 0. The number of anilines is 1. The van der Waals surface area contributed by atoms with E-state index in [-0.39, 0.29) is 5.91 Å². The van der Waals surface area contributed by atoms with E-state index >= 15 is 0 Å². The largest absolute Gasteiger partial charge is 0.353 e. The van der Waals surface area contributed by atoms with Crippen LogP contribution in [0.2, 0.25) is 5.02 Å². The standard InChI is InChI=1S/C27H31ClN4O/c1-3-25-24(19-22-9-12-23(28)13-10-22)27(30-20(2)29-25)32-17-15-31(16-18-32)26(33)14-11-21-7-5-4-6-8-21/h4-10,12-13H,3,11,14-19H2,1-2H3. The summed E-state index contributed by atoms with van der Waals surface area (Å²) in [5.74, 6) is 2.03. The average molecular weight is 463 g/mol. The molecule has 1 aliphatic rings. The second kappa shape index (κ2) is 10.8. The fourth-order valence-electron chi connectivity index (χ4n) is 4.40. The summed E-state index contributed by atoms with van der Waals surface area (Å²) in [6.45, 7) is 7.10. The fourth-order valence-corrected chi connectivity index (χ4v) is 4.53.